The second-order valence-corrected chi connectivity index (χ2v) is 5.18. The van der Waals surface area contributed by atoms with Crippen LogP contribution < -0.4 is 11.3 Å². The molecule has 0 spiro atoms. The van der Waals surface area contributed by atoms with Crippen molar-refractivity contribution in [3.05, 3.63) is 46.0 Å². The molecule has 7 heteroatoms. The van der Waals surface area contributed by atoms with Gasteiger partial charge in [0.1, 0.15) is 16.6 Å². The fraction of sp³-hybridized carbons (Fsp3) is 0.231. The molecule has 4 N–H and O–H groups in total. The molecule has 0 unspecified atom stereocenters. The van der Waals surface area contributed by atoms with Crippen molar-refractivity contribution in [2.45, 2.75) is 29.9 Å². The Kier molecular flexibility index (Phi) is 4.52. The Balaban J connectivity index is 2.27. The van der Waals surface area contributed by atoms with Gasteiger partial charge in [0.05, 0.1) is 0 Å². The van der Waals surface area contributed by atoms with E-state index in [-0.39, 0.29) is 11.4 Å². The summed E-state index contributed by atoms with van der Waals surface area (Å²) >= 11 is 1.24. The summed E-state index contributed by atoms with van der Waals surface area (Å²) in [5, 5.41) is 8.50. The lowest BCUT2D eigenvalue weighted by molar-refractivity contribution is 0.815. The molecule has 0 saturated carbocycles. The molecule has 0 bridgehead atoms. The molecule has 0 saturated heterocycles. The number of nitrogen functional groups attached to an aromatic ring is 1. The molecule has 0 radical (unpaired) electrons. The first kappa shape index (κ1) is 14.3. The summed E-state index contributed by atoms with van der Waals surface area (Å²) in [6.45, 7) is 2.04. The Morgan fingerprint density at radius 2 is 2.25 bits per heavy atom. The van der Waals surface area contributed by atoms with Gasteiger partial charge in [0.2, 0.25) is 0 Å². The van der Waals surface area contributed by atoms with E-state index in [1.165, 1.54) is 17.8 Å². The molecule has 0 aliphatic rings. The number of rotatable bonds is 5. The number of pyridine rings is 1. The average Bonchev–Trinajstić information content (AvgIpc) is 2.38. The number of H-pyrrole nitrogens is 1. The third kappa shape index (κ3) is 3.67. The summed E-state index contributed by atoms with van der Waals surface area (Å²) < 4.78 is 0. The molecule has 20 heavy (non-hydrogen) atoms. The van der Waals surface area contributed by atoms with Crippen LogP contribution in [-0.2, 0) is 6.42 Å². The SMILES string of the molecule is CCCc1cc(=O)[nH]c(Sc2cccc(C(=N)N)n2)n1. The maximum atomic E-state index is 11.6. The predicted molar refractivity (Wildman–Crippen MR) is 78.2 cm³/mol. The van der Waals surface area contributed by atoms with Crippen LogP contribution in [0.15, 0.2) is 39.2 Å². The van der Waals surface area contributed by atoms with Gasteiger partial charge in [-0.3, -0.25) is 10.2 Å². The van der Waals surface area contributed by atoms with Crippen LogP contribution in [0.3, 0.4) is 0 Å². The number of aromatic amines is 1. The van der Waals surface area contributed by atoms with Gasteiger partial charge in [-0.05, 0) is 30.3 Å². The summed E-state index contributed by atoms with van der Waals surface area (Å²) in [7, 11) is 0. The van der Waals surface area contributed by atoms with Gasteiger partial charge in [-0.15, -0.1) is 0 Å². The van der Waals surface area contributed by atoms with Crippen molar-refractivity contribution in [2.24, 2.45) is 5.73 Å². The molecule has 0 fully saturated rings. The minimum absolute atomic E-state index is 0.0892. The van der Waals surface area contributed by atoms with Gasteiger partial charge in [0, 0.05) is 11.8 Å². The molecule has 2 rings (SSSR count). The van der Waals surface area contributed by atoms with Gasteiger partial charge in [-0.2, -0.15) is 0 Å². The second kappa shape index (κ2) is 6.33. The van der Waals surface area contributed by atoms with Gasteiger partial charge >= 0.3 is 0 Å². The van der Waals surface area contributed by atoms with Crippen LogP contribution in [-0.4, -0.2) is 20.8 Å². The fourth-order valence-electron chi connectivity index (χ4n) is 1.64. The summed E-state index contributed by atoms with van der Waals surface area (Å²) in [5.74, 6) is -0.0892. The molecule has 0 aliphatic carbocycles. The van der Waals surface area contributed by atoms with E-state index in [2.05, 4.69) is 15.0 Å². The van der Waals surface area contributed by atoms with Crippen LogP contribution in [0.2, 0.25) is 0 Å². The van der Waals surface area contributed by atoms with E-state index < -0.39 is 0 Å². The average molecular weight is 289 g/mol. The molecule has 2 aromatic heterocycles. The maximum Gasteiger partial charge on any atom is 0.251 e. The van der Waals surface area contributed by atoms with E-state index in [1.807, 2.05) is 6.92 Å². The topological polar surface area (TPSA) is 109 Å². The van der Waals surface area contributed by atoms with Crippen LogP contribution >= 0.6 is 11.8 Å². The maximum absolute atomic E-state index is 11.6. The lowest BCUT2D eigenvalue weighted by atomic mass is 10.2. The summed E-state index contributed by atoms with van der Waals surface area (Å²) in [4.78, 5) is 22.8. The summed E-state index contributed by atoms with van der Waals surface area (Å²) in [6, 6.07) is 6.71. The van der Waals surface area contributed by atoms with Gasteiger partial charge in [-0.1, -0.05) is 19.4 Å². The molecule has 104 valence electrons. The second-order valence-electron chi connectivity index (χ2n) is 4.17. The minimum Gasteiger partial charge on any atom is -0.382 e. The van der Waals surface area contributed by atoms with Crippen LogP contribution in [0.1, 0.15) is 24.7 Å². The summed E-state index contributed by atoms with van der Waals surface area (Å²) in [5.41, 5.74) is 6.40. The molecule has 0 aromatic carbocycles. The Hall–Kier alpha value is -2.15. The highest BCUT2D eigenvalue weighted by atomic mass is 32.2. The van der Waals surface area contributed by atoms with Crippen molar-refractivity contribution in [1.82, 2.24) is 15.0 Å². The normalized spacial score (nSPS) is 10.4. The number of aryl methyl sites for hydroxylation is 1. The summed E-state index contributed by atoms with van der Waals surface area (Å²) in [6.07, 6.45) is 1.69. The fourth-order valence-corrected chi connectivity index (χ4v) is 2.44. The monoisotopic (exact) mass is 289 g/mol. The number of nitrogens with two attached hydrogens (primary N) is 1. The van der Waals surface area contributed by atoms with E-state index in [4.69, 9.17) is 11.1 Å². The Morgan fingerprint density at radius 3 is 2.95 bits per heavy atom. The highest BCUT2D eigenvalue weighted by Crippen LogP contribution is 2.22. The molecular weight excluding hydrogens is 274 g/mol. The minimum atomic E-state index is -0.173. The zero-order chi connectivity index (χ0) is 14.5. The lowest BCUT2D eigenvalue weighted by Crippen LogP contribution is -2.13. The van der Waals surface area contributed by atoms with E-state index in [0.717, 1.165) is 18.5 Å². The first-order valence-electron chi connectivity index (χ1n) is 6.18. The first-order valence-corrected chi connectivity index (χ1v) is 6.99. The lowest BCUT2D eigenvalue weighted by Gasteiger charge is -2.04. The van der Waals surface area contributed by atoms with Gasteiger partial charge < -0.3 is 10.7 Å². The Morgan fingerprint density at radius 1 is 1.45 bits per heavy atom. The highest BCUT2D eigenvalue weighted by molar-refractivity contribution is 7.99. The highest BCUT2D eigenvalue weighted by Gasteiger charge is 2.06. The molecule has 0 aliphatic heterocycles. The Bertz CT molecular complexity index is 682. The largest absolute Gasteiger partial charge is 0.382 e. The van der Waals surface area contributed by atoms with Crippen molar-refractivity contribution < 1.29 is 0 Å². The Labute approximate surface area is 120 Å². The molecule has 0 atom stereocenters. The third-order valence-corrected chi connectivity index (χ3v) is 3.30. The van der Waals surface area contributed by atoms with Crippen molar-refractivity contribution in [2.75, 3.05) is 0 Å². The van der Waals surface area contributed by atoms with E-state index >= 15 is 0 Å². The number of nitrogens with zero attached hydrogens (tertiary/aromatic N) is 2. The van der Waals surface area contributed by atoms with Gasteiger partial charge in [0.25, 0.3) is 5.56 Å². The first-order chi connectivity index (χ1) is 9.58. The molecule has 2 aromatic rings. The van der Waals surface area contributed by atoms with Crippen LogP contribution in [0.4, 0.5) is 0 Å². The van der Waals surface area contributed by atoms with E-state index in [1.54, 1.807) is 18.2 Å². The molecule has 6 nitrogen and oxygen atoms in total. The number of hydrogen-bond donors (Lipinski definition) is 3. The smallest absolute Gasteiger partial charge is 0.251 e. The van der Waals surface area contributed by atoms with Crippen LogP contribution in [0, 0.1) is 5.41 Å². The third-order valence-electron chi connectivity index (χ3n) is 2.48. The van der Waals surface area contributed by atoms with E-state index in [9.17, 15) is 4.79 Å². The van der Waals surface area contributed by atoms with Gasteiger partial charge in [0.15, 0.2) is 5.16 Å². The van der Waals surface area contributed by atoms with Crippen molar-refractivity contribution in [3.63, 3.8) is 0 Å². The van der Waals surface area contributed by atoms with Gasteiger partial charge in [-0.25, -0.2) is 9.97 Å². The standard InChI is InChI=1S/C13H15N5OS/c1-2-4-8-7-10(19)18-13(16-8)20-11-6-3-5-9(17-11)12(14)15/h3,5-7H,2,4H2,1H3,(H3,14,15)(H,16,18,19). The van der Waals surface area contributed by atoms with Crippen molar-refractivity contribution in [3.8, 4) is 0 Å². The number of aromatic nitrogens is 3. The molecule has 2 heterocycles. The number of hydrogen-bond acceptors (Lipinski definition) is 5. The quantitative estimate of drug-likeness (QED) is 0.439. The number of nitrogens with one attached hydrogen (secondary N) is 2. The van der Waals surface area contributed by atoms with Crippen molar-refractivity contribution >= 4 is 17.6 Å². The zero-order valence-electron chi connectivity index (χ0n) is 11.0. The molecule has 0 amide bonds. The van der Waals surface area contributed by atoms with Crippen LogP contribution in [0.25, 0.3) is 0 Å². The molecular formula is C13H15N5OS. The predicted octanol–water partition coefficient (Wildman–Crippen LogP) is 1.55. The van der Waals surface area contributed by atoms with Crippen molar-refractivity contribution in [1.29, 1.82) is 5.41 Å². The number of amidine groups is 1. The van der Waals surface area contributed by atoms with Crippen LogP contribution in [0.5, 0.6) is 0 Å². The zero-order valence-corrected chi connectivity index (χ0v) is 11.8. The van der Waals surface area contributed by atoms with E-state index in [0.29, 0.717) is 15.9 Å².